The Kier molecular flexibility index (Phi) is 6.99. The molecule has 3 N–H and O–H groups in total. The molecule has 1 aromatic carbocycles. The Morgan fingerprint density at radius 2 is 1.96 bits per heavy atom. The van der Waals surface area contributed by atoms with Gasteiger partial charge in [0.15, 0.2) is 0 Å². The molecule has 0 fully saturated rings. The lowest BCUT2D eigenvalue weighted by atomic mass is 10.0. The van der Waals surface area contributed by atoms with Gasteiger partial charge in [-0.3, -0.25) is 19.4 Å². The fraction of sp³-hybridized carbons (Fsp3) is 0.222. The van der Waals surface area contributed by atoms with Crippen LogP contribution < -0.4 is 11.1 Å². The Bertz CT molecular complexity index is 808. The molecule has 7 nitrogen and oxygen atoms in total. The Morgan fingerprint density at radius 1 is 1.23 bits per heavy atom. The van der Waals surface area contributed by atoms with Gasteiger partial charge in [-0.1, -0.05) is 12.1 Å². The highest BCUT2D eigenvalue weighted by molar-refractivity contribution is 9.10. The molecule has 1 unspecified atom stereocenters. The van der Waals surface area contributed by atoms with Gasteiger partial charge in [0.2, 0.25) is 11.7 Å². The maximum atomic E-state index is 12.7. The quantitative estimate of drug-likeness (QED) is 0.525. The number of amides is 1. The number of carbonyl (C=O) groups excluding carboxylic acids is 3. The average Bonchev–Trinajstić information content (AvgIpc) is 2.66. The van der Waals surface area contributed by atoms with E-state index in [2.05, 4.69) is 31.0 Å². The van der Waals surface area contributed by atoms with Crippen LogP contribution in [0.1, 0.15) is 28.9 Å². The number of benzene rings is 1. The first-order chi connectivity index (χ1) is 12.4. The monoisotopic (exact) mass is 419 g/mol. The zero-order valence-corrected chi connectivity index (χ0v) is 15.7. The first-order valence-electron chi connectivity index (χ1n) is 7.81. The highest BCUT2D eigenvalue weighted by atomic mass is 79.9. The molecule has 2 rings (SSSR count). The zero-order valence-electron chi connectivity index (χ0n) is 14.1. The number of nitrogens with two attached hydrogens (primary N) is 1. The number of anilines is 1. The largest absolute Gasteiger partial charge is 0.469 e. The normalized spacial score (nSPS) is 11.5. The van der Waals surface area contributed by atoms with E-state index in [4.69, 9.17) is 5.73 Å². The van der Waals surface area contributed by atoms with E-state index in [1.54, 1.807) is 36.4 Å². The second-order valence-corrected chi connectivity index (χ2v) is 6.36. The van der Waals surface area contributed by atoms with E-state index in [1.807, 2.05) is 0 Å². The fourth-order valence-electron chi connectivity index (χ4n) is 2.17. The summed E-state index contributed by atoms with van der Waals surface area (Å²) >= 11 is 3.27. The lowest BCUT2D eigenvalue weighted by Crippen LogP contribution is -2.36. The molecular weight excluding hydrogens is 402 g/mol. The maximum absolute atomic E-state index is 12.7. The molecule has 0 bridgehead atoms. The minimum atomic E-state index is -0.900. The fourth-order valence-corrected chi connectivity index (χ4v) is 2.40. The lowest BCUT2D eigenvalue weighted by molar-refractivity contribution is -0.140. The molecule has 0 aliphatic rings. The van der Waals surface area contributed by atoms with E-state index in [9.17, 15) is 14.4 Å². The van der Waals surface area contributed by atoms with Crippen molar-refractivity contribution in [3.05, 3.63) is 58.3 Å². The molecule has 1 aromatic heterocycles. The summed E-state index contributed by atoms with van der Waals surface area (Å²) in [6, 6.07) is 9.00. The van der Waals surface area contributed by atoms with Gasteiger partial charge in [0.25, 0.3) is 0 Å². The molecule has 136 valence electrons. The molecular formula is C18H18BrN3O4. The summed E-state index contributed by atoms with van der Waals surface area (Å²) in [6.07, 6.45) is 1.70. The van der Waals surface area contributed by atoms with Crippen LogP contribution in [-0.4, -0.2) is 35.8 Å². The van der Waals surface area contributed by atoms with E-state index in [1.165, 1.54) is 13.3 Å². The summed E-state index contributed by atoms with van der Waals surface area (Å²) in [5.74, 6) is -1.25. The number of esters is 1. The number of methoxy groups -OCH3 is 1. The van der Waals surface area contributed by atoms with Gasteiger partial charge in [0.1, 0.15) is 5.69 Å². The van der Waals surface area contributed by atoms with E-state index in [0.717, 1.165) is 4.47 Å². The number of ketones is 1. The molecule has 2 aromatic rings. The molecule has 0 saturated heterocycles. The van der Waals surface area contributed by atoms with Crippen molar-refractivity contribution < 1.29 is 19.1 Å². The first kappa shape index (κ1) is 19.7. The molecule has 0 spiro atoms. The van der Waals surface area contributed by atoms with Gasteiger partial charge in [-0.15, -0.1) is 0 Å². The Labute approximate surface area is 159 Å². The number of ether oxygens (including phenoxy) is 1. The van der Waals surface area contributed by atoms with Crippen molar-refractivity contribution in [1.29, 1.82) is 0 Å². The predicted molar refractivity (Wildman–Crippen MR) is 99.7 cm³/mol. The van der Waals surface area contributed by atoms with E-state index < -0.39 is 17.9 Å². The molecule has 0 aliphatic carbocycles. The van der Waals surface area contributed by atoms with Crippen molar-refractivity contribution in [1.82, 2.24) is 4.98 Å². The first-order valence-corrected chi connectivity index (χ1v) is 8.60. The Morgan fingerprint density at radius 3 is 2.62 bits per heavy atom. The van der Waals surface area contributed by atoms with Crippen LogP contribution in [-0.2, 0) is 14.3 Å². The van der Waals surface area contributed by atoms with Crippen LogP contribution in [0.2, 0.25) is 0 Å². The molecule has 1 atom stereocenters. The molecule has 8 heteroatoms. The van der Waals surface area contributed by atoms with Crippen LogP contribution in [0.4, 0.5) is 5.69 Å². The number of rotatable bonds is 7. The number of carbonyl (C=O) groups is 3. The summed E-state index contributed by atoms with van der Waals surface area (Å²) in [5, 5.41) is 2.64. The smallest absolute Gasteiger partial charge is 0.305 e. The van der Waals surface area contributed by atoms with Crippen LogP contribution in [0.3, 0.4) is 0 Å². The number of hydrogen-bond acceptors (Lipinski definition) is 6. The number of nitrogens with zero attached hydrogens (tertiary/aromatic N) is 1. The Balaban J connectivity index is 2.13. The number of halogens is 1. The van der Waals surface area contributed by atoms with E-state index in [0.29, 0.717) is 11.3 Å². The number of nitrogens with one attached hydrogen (secondary N) is 1. The third kappa shape index (κ3) is 5.21. The van der Waals surface area contributed by atoms with E-state index in [-0.39, 0.29) is 24.3 Å². The van der Waals surface area contributed by atoms with Crippen LogP contribution >= 0.6 is 15.9 Å². The summed E-state index contributed by atoms with van der Waals surface area (Å²) < 4.78 is 5.28. The molecule has 26 heavy (non-hydrogen) atoms. The summed E-state index contributed by atoms with van der Waals surface area (Å²) in [5.41, 5.74) is 6.69. The third-order valence-corrected chi connectivity index (χ3v) is 4.08. The van der Waals surface area contributed by atoms with Crippen LogP contribution in [0, 0.1) is 0 Å². The van der Waals surface area contributed by atoms with Gasteiger partial charge in [-0.25, -0.2) is 0 Å². The number of hydrogen-bond donors (Lipinski definition) is 2. The molecule has 1 amide bonds. The SMILES string of the molecule is COC(=O)CCC(N)C(=O)Nc1ccccc1C(=O)c1ccc(Br)cn1. The molecule has 1 heterocycles. The second kappa shape index (κ2) is 9.21. The Hall–Kier alpha value is -2.58. The van der Waals surface area contributed by atoms with Crippen molar-refractivity contribution in [3.63, 3.8) is 0 Å². The predicted octanol–water partition coefficient (Wildman–Crippen LogP) is 2.29. The topological polar surface area (TPSA) is 111 Å². The summed E-state index contributed by atoms with van der Waals surface area (Å²) in [6.45, 7) is 0. The van der Waals surface area contributed by atoms with Crippen molar-refractivity contribution >= 4 is 39.3 Å². The second-order valence-electron chi connectivity index (χ2n) is 5.45. The standard InChI is InChI=1S/C18H18BrN3O4/c1-26-16(23)9-7-13(20)18(25)22-14-5-3-2-4-12(14)17(24)15-8-6-11(19)10-21-15/h2-6,8,10,13H,7,9,20H2,1H3,(H,22,25). The van der Waals surface area contributed by atoms with Gasteiger partial charge < -0.3 is 15.8 Å². The number of pyridine rings is 1. The minimum absolute atomic E-state index is 0.0362. The van der Waals surface area contributed by atoms with E-state index >= 15 is 0 Å². The highest BCUT2D eigenvalue weighted by Gasteiger charge is 2.19. The van der Waals surface area contributed by atoms with Crippen LogP contribution in [0.5, 0.6) is 0 Å². The third-order valence-electron chi connectivity index (χ3n) is 3.61. The van der Waals surface area contributed by atoms with Crippen LogP contribution in [0.25, 0.3) is 0 Å². The number of para-hydroxylation sites is 1. The van der Waals surface area contributed by atoms with Gasteiger partial charge in [0, 0.05) is 22.7 Å². The van der Waals surface area contributed by atoms with Crippen molar-refractivity contribution in [2.24, 2.45) is 5.73 Å². The summed E-state index contributed by atoms with van der Waals surface area (Å²) in [4.78, 5) is 40.2. The van der Waals surface area contributed by atoms with Crippen molar-refractivity contribution in [2.75, 3.05) is 12.4 Å². The zero-order chi connectivity index (χ0) is 19.1. The average molecular weight is 420 g/mol. The van der Waals surface area contributed by atoms with Gasteiger partial charge in [-0.2, -0.15) is 0 Å². The lowest BCUT2D eigenvalue weighted by Gasteiger charge is -2.14. The van der Waals surface area contributed by atoms with Gasteiger partial charge in [0.05, 0.1) is 18.8 Å². The number of aromatic nitrogens is 1. The highest BCUT2D eigenvalue weighted by Crippen LogP contribution is 2.20. The van der Waals surface area contributed by atoms with Gasteiger partial charge in [-0.05, 0) is 46.6 Å². The molecule has 0 aliphatic heterocycles. The maximum Gasteiger partial charge on any atom is 0.305 e. The van der Waals surface area contributed by atoms with Crippen molar-refractivity contribution in [2.45, 2.75) is 18.9 Å². The summed E-state index contributed by atoms with van der Waals surface area (Å²) in [7, 11) is 1.27. The van der Waals surface area contributed by atoms with Gasteiger partial charge >= 0.3 is 5.97 Å². The van der Waals surface area contributed by atoms with Crippen molar-refractivity contribution in [3.8, 4) is 0 Å². The molecule has 0 saturated carbocycles. The van der Waals surface area contributed by atoms with Crippen LogP contribution in [0.15, 0.2) is 47.1 Å². The molecule has 0 radical (unpaired) electrons. The minimum Gasteiger partial charge on any atom is -0.469 e.